The molecule has 1 heterocycles. The van der Waals surface area contributed by atoms with Crippen LogP contribution in [-0.4, -0.2) is 26.1 Å². The molecule has 0 amide bonds. The zero-order chi connectivity index (χ0) is 15.2. The lowest BCUT2D eigenvalue weighted by atomic mass is 10.1. The lowest BCUT2D eigenvalue weighted by molar-refractivity contribution is -0.138. The van der Waals surface area contributed by atoms with E-state index in [0.717, 1.165) is 5.56 Å². The number of fused-ring (bicyclic) bond motifs is 1. The van der Waals surface area contributed by atoms with Crippen LogP contribution in [0.5, 0.6) is 11.5 Å². The molecule has 1 aromatic carbocycles. The van der Waals surface area contributed by atoms with Gasteiger partial charge in [-0.15, -0.1) is 0 Å². The van der Waals surface area contributed by atoms with Gasteiger partial charge in [-0.2, -0.15) is 0 Å². The van der Waals surface area contributed by atoms with Gasteiger partial charge < -0.3 is 14.2 Å². The van der Waals surface area contributed by atoms with E-state index in [-0.39, 0.29) is 6.79 Å². The smallest absolute Gasteiger partial charge is 0.339 e. The Morgan fingerprint density at radius 2 is 2.19 bits per heavy atom. The van der Waals surface area contributed by atoms with Crippen LogP contribution in [0.3, 0.4) is 0 Å². The zero-order valence-electron chi connectivity index (χ0n) is 11.9. The summed E-state index contributed by atoms with van der Waals surface area (Å²) < 4.78 is 15.6. The van der Waals surface area contributed by atoms with E-state index < -0.39 is 5.97 Å². The number of aliphatic imine (C=N–C) groups is 1. The third-order valence-corrected chi connectivity index (χ3v) is 3.01. The first-order chi connectivity index (χ1) is 10.2. The minimum atomic E-state index is -0.448. The Hall–Kier alpha value is -2.56. The third kappa shape index (κ3) is 3.31. The van der Waals surface area contributed by atoms with Crippen molar-refractivity contribution in [2.24, 2.45) is 4.99 Å². The second-order valence-corrected chi connectivity index (χ2v) is 4.31. The maximum absolute atomic E-state index is 11.9. The lowest BCUT2D eigenvalue weighted by Crippen LogP contribution is -2.09. The van der Waals surface area contributed by atoms with E-state index in [2.05, 4.69) is 18.3 Å². The lowest BCUT2D eigenvalue weighted by Gasteiger charge is -2.08. The van der Waals surface area contributed by atoms with Crippen LogP contribution < -0.4 is 9.47 Å². The fourth-order valence-corrected chi connectivity index (χ4v) is 2.01. The average Bonchev–Trinajstić information content (AvgIpc) is 2.94. The van der Waals surface area contributed by atoms with E-state index in [1.807, 2.05) is 18.2 Å². The molecule has 0 aromatic heterocycles. The molecule has 21 heavy (non-hydrogen) atoms. The summed E-state index contributed by atoms with van der Waals surface area (Å²) >= 11 is 0. The van der Waals surface area contributed by atoms with Gasteiger partial charge in [-0.25, -0.2) is 4.79 Å². The molecule has 0 saturated carbocycles. The molecular formula is C16H17NO4. The maximum atomic E-state index is 11.9. The Morgan fingerprint density at radius 3 is 2.86 bits per heavy atom. The molecule has 0 aliphatic carbocycles. The summed E-state index contributed by atoms with van der Waals surface area (Å²) in [5.41, 5.74) is 1.78. The van der Waals surface area contributed by atoms with Gasteiger partial charge in [-0.05, 0) is 31.3 Å². The normalized spacial score (nSPS) is 13.4. The first-order valence-electron chi connectivity index (χ1n) is 6.57. The molecule has 0 radical (unpaired) electrons. The van der Waals surface area contributed by atoms with Crippen molar-refractivity contribution in [3.63, 3.8) is 0 Å². The van der Waals surface area contributed by atoms with Crippen LogP contribution >= 0.6 is 0 Å². The van der Waals surface area contributed by atoms with Crippen molar-refractivity contribution < 1.29 is 19.0 Å². The minimum Gasteiger partial charge on any atom is -0.462 e. The predicted molar refractivity (Wildman–Crippen MR) is 79.7 cm³/mol. The molecule has 0 N–H and O–H groups in total. The van der Waals surface area contributed by atoms with Crippen LogP contribution in [0.15, 0.2) is 47.1 Å². The first kappa shape index (κ1) is 14.8. The molecule has 1 aliphatic heterocycles. The number of rotatable bonds is 6. The van der Waals surface area contributed by atoms with Crippen molar-refractivity contribution >= 4 is 12.7 Å². The van der Waals surface area contributed by atoms with Crippen molar-refractivity contribution in [1.82, 2.24) is 0 Å². The fourth-order valence-electron chi connectivity index (χ4n) is 2.01. The highest BCUT2D eigenvalue weighted by molar-refractivity contribution is 5.92. The van der Waals surface area contributed by atoms with Gasteiger partial charge in [0.05, 0.1) is 17.9 Å². The Bertz CT molecular complexity index is 604. The summed E-state index contributed by atoms with van der Waals surface area (Å²) in [5.74, 6) is 0.952. The highest BCUT2D eigenvalue weighted by Gasteiger charge is 2.16. The standard InChI is InChI=1S/C16H17NO4/c1-4-12(16(18)19-5-2)13(17-3)8-11-6-7-14-15(9-11)21-10-20-14/h4,6-7,9H,1,3,5,8,10H2,2H3/b13-12+. The van der Waals surface area contributed by atoms with E-state index in [0.29, 0.717) is 35.8 Å². The van der Waals surface area contributed by atoms with E-state index in [1.165, 1.54) is 6.08 Å². The number of hydrogen-bond donors (Lipinski definition) is 0. The number of benzene rings is 1. The van der Waals surface area contributed by atoms with Crippen molar-refractivity contribution in [2.45, 2.75) is 13.3 Å². The molecule has 5 nitrogen and oxygen atoms in total. The van der Waals surface area contributed by atoms with Gasteiger partial charge in [0.25, 0.3) is 0 Å². The molecule has 110 valence electrons. The number of carbonyl (C=O) groups is 1. The van der Waals surface area contributed by atoms with Gasteiger partial charge in [0.2, 0.25) is 6.79 Å². The van der Waals surface area contributed by atoms with Crippen LogP contribution in [0.25, 0.3) is 0 Å². The molecule has 0 fully saturated rings. The number of carbonyl (C=O) groups excluding carboxylic acids is 1. The molecule has 0 atom stereocenters. The molecule has 5 heteroatoms. The minimum absolute atomic E-state index is 0.224. The average molecular weight is 287 g/mol. The van der Waals surface area contributed by atoms with E-state index in [9.17, 15) is 4.79 Å². The molecule has 1 aliphatic rings. The Morgan fingerprint density at radius 1 is 1.43 bits per heavy atom. The molecule has 0 bridgehead atoms. The van der Waals surface area contributed by atoms with Crippen LogP contribution in [0.4, 0.5) is 0 Å². The second-order valence-electron chi connectivity index (χ2n) is 4.31. The summed E-state index contributed by atoms with van der Waals surface area (Å²) in [7, 11) is 0. The number of hydrogen-bond acceptors (Lipinski definition) is 5. The second kappa shape index (κ2) is 6.74. The highest BCUT2D eigenvalue weighted by Crippen LogP contribution is 2.33. The van der Waals surface area contributed by atoms with E-state index >= 15 is 0 Å². The summed E-state index contributed by atoms with van der Waals surface area (Å²) in [5, 5.41) is 0. The topological polar surface area (TPSA) is 57.1 Å². The fraction of sp³-hybridized carbons (Fsp3) is 0.250. The van der Waals surface area contributed by atoms with Gasteiger partial charge in [0, 0.05) is 6.42 Å². The maximum Gasteiger partial charge on any atom is 0.339 e. The summed E-state index contributed by atoms with van der Waals surface area (Å²) in [6.07, 6.45) is 1.87. The molecule has 0 spiro atoms. The number of esters is 1. The number of ether oxygens (including phenoxy) is 3. The number of allylic oxidation sites excluding steroid dienone is 1. The quantitative estimate of drug-likeness (QED) is 0.349. The van der Waals surface area contributed by atoms with E-state index in [4.69, 9.17) is 14.2 Å². The first-order valence-corrected chi connectivity index (χ1v) is 6.57. The van der Waals surface area contributed by atoms with Crippen molar-refractivity contribution in [3.05, 3.63) is 47.7 Å². The molecule has 2 rings (SSSR count). The van der Waals surface area contributed by atoms with Gasteiger partial charge in [0.15, 0.2) is 11.5 Å². The zero-order valence-corrected chi connectivity index (χ0v) is 11.9. The molecule has 0 saturated heterocycles. The van der Waals surface area contributed by atoms with Crippen LogP contribution in [-0.2, 0) is 16.0 Å². The monoisotopic (exact) mass is 287 g/mol. The molecule has 0 unspecified atom stereocenters. The predicted octanol–water partition coefficient (Wildman–Crippen LogP) is 2.66. The van der Waals surface area contributed by atoms with Crippen molar-refractivity contribution in [2.75, 3.05) is 13.4 Å². The van der Waals surface area contributed by atoms with Crippen LogP contribution in [0.1, 0.15) is 12.5 Å². The Balaban J connectivity index is 2.27. The van der Waals surface area contributed by atoms with Crippen LogP contribution in [0, 0.1) is 0 Å². The number of nitrogens with zero attached hydrogens (tertiary/aromatic N) is 1. The van der Waals surface area contributed by atoms with E-state index in [1.54, 1.807) is 6.92 Å². The van der Waals surface area contributed by atoms with Gasteiger partial charge in [-0.3, -0.25) is 4.99 Å². The van der Waals surface area contributed by atoms with Crippen LogP contribution in [0.2, 0.25) is 0 Å². The van der Waals surface area contributed by atoms with Crippen molar-refractivity contribution in [3.8, 4) is 11.5 Å². The summed E-state index contributed by atoms with van der Waals surface area (Å²) in [4.78, 5) is 15.8. The highest BCUT2D eigenvalue weighted by atomic mass is 16.7. The summed E-state index contributed by atoms with van der Waals surface area (Å²) in [6, 6.07) is 5.58. The largest absolute Gasteiger partial charge is 0.462 e. The molecule has 1 aromatic rings. The van der Waals surface area contributed by atoms with Crippen molar-refractivity contribution in [1.29, 1.82) is 0 Å². The van der Waals surface area contributed by atoms with Gasteiger partial charge in [0.1, 0.15) is 0 Å². The summed E-state index contributed by atoms with van der Waals surface area (Å²) in [6.45, 7) is 9.43. The van der Waals surface area contributed by atoms with Gasteiger partial charge >= 0.3 is 5.97 Å². The Kier molecular flexibility index (Phi) is 4.77. The van der Waals surface area contributed by atoms with Gasteiger partial charge in [-0.1, -0.05) is 18.7 Å². The Labute approximate surface area is 123 Å². The third-order valence-electron chi connectivity index (χ3n) is 3.01. The SMILES string of the molecule is C=C/C(C(=O)OCC)=C(/Cc1ccc2c(c1)OCO2)N=C. The molecular weight excluding hydrogens is 270 g/mol.